The maximum atomic E-state index is 5.54. The monoisotopic (exact) mass is 356 g/mol. The molecule has 0 amide bonds. The predicted octanol–water partition coefficient (Wildman–Crippen LogP) is 5.85. The van der Waals surface area contributed by atoms with Crippen LogP contribution in [-0.2, 0) is 14.2 Å². The van der Waals surface area contributed by atoms with Gasteiger partial charge in [-0.05, 0) is 62.7 Å². The summed E-state index contributed by atoms with van der Waals surface area (Å²) in [6.07, 6.45) is 10.7. The van der Waals surface area contributed by atoms with Crippen LogP contribution in [-0.4, -0.2) is 38.1 Å². The van der Waals surface area contributed by atoms with E-state index in [1.54, 1.807) is 0 Å². The van der Waals surface area contributed by atoms with Gasteiger partial charge in [-0.15, -0.1) is 0 Å². The van der Waals surface area contributed by atoms with Gasteiger partial charge in [-0.25, -0.2) is 0 Å². The highest BCUT2D eigenvalue weighted by molar-refractivity contribution is 4.68. The molecule has 3 fully saturated rings. The molecule has 0 spiro atoms. The van der Waals surface area contributed by atoms with Crippen molar-refractivity contribution >= 4 is 0 Å². The van der Waals surface area contributed by atoms with Crippen LogP contribution in [0.3, 0.4) is 0 Å². The van der Waals surface area contributed by atoms with Gasteiger partial charge in [-0.2, -0.15) is 0 Å². The summed E-state index contributed by atoms with van der Waals surface area (Å²) in [5.74, 6) is 2.15. The molecule has 3 rings (SSSR count). The molecule has 0 saturated carbocycles. The van der Waals surface area contributed by atoms with E-state index in [1.807, 2.05) is 0 Å². The van der Waals surface area contributed by atoms with Crippen LogP contribution in [0.2, 0.25) is 0 Å². The van der Waals surface area contributed by atoms with Crippen molar-refractivity contribution in [1.82, 2.24) is 0 Å². The van der Waals surface area contributed by atoms with E-state index in [-0.39, 0.29) is 0 Å². The lowest BCUT2D eigenvalue weighted by Gasteiger charge is -2.25. The molecule has 0 aromatic rings. The van der Waals surface area contributed by atoms with E-state index in [9.17, 15) is 0 Å². The summed E-state index contributed by atoms with van der Waals surface area (Å²) in [5, 5.41) is 0. The highest BCUT2D eigenvalue weighted by Crippen LogP contribution is 2.20. The molecule has 150 valence electrons. The van der Waals surface area contributed by atoms with Gasteiger partial charge in [0.15, 0.2) is 0 Å². The van der Waals surface area contributed by atoms with Gasteiger partial charge in [-0.3, -0.25) is 0 Å². The number of ether oxygens (including phenoxy) is 3. The third-order valence-corrected chi connectivity index (χ3v) is 5.38. The SMILES string of the molecule is CC(C)[C@@H]1CCCO1.CC(C)[C@H]1CCCCO1.CC(C)[C@H]1CCCO1. The molecule has 3 heterocycles. The van der Waals surface area contributed by atoms with Gasteiger partial charge >= 0.3 is 0 Å². The molecule has 0 aromatic heterocycles. The molecular formula is C22H44O3. The third-order valence-electron chi connectivity index (χ3n) is 5.38. The first-order chi connectivity index (χ1) is 11.9. The van der Waals surface area contributed by atoms with Crippen molar-refractivity contribution in [3.05, 3.63) is 0 Å². The number of hydrogen-bond acceptors (Lipinski definition) is 3. The fraction of sp³-hybridized carbons (Fsp3) is 1.00. The molecule has 25 heavy (non-hydrogen) atoms. The van der Waals surface area contributed by atoms with Crippen LogP contribution in [0.5, 0.6) is 0 Å². The fourth-order valence-electron chi connectivity index (χ4n) is 3.55. The van der Waals surface area contributed by atoms with E-state index < -0.39 is 0 Å². The summed E-state index contributed by atoms with van der Waals surface area (Å²) in [4.78, 5) is 0. The van der Waals surface area contributed by atoms with Gasteiger partial charge in [0.05, 0.1) is 18.3 Å². The highest BCUT2D eigenvalue weighted by Gasteiger charge is 2.19. The number of hydrogen-bond donors (Lipinski definition) is 0. The summed E-state index contributed by atoms with van der Waals surface area (Å²) >= 11 is 0. The Morgan fingerprint density at radius 3 is 0.960 bits per heavy atom. The number of rotatable bonds is 3. The van der Waals surface area contributed by atoms with Crippen molar-refractivity contribution in [1.29, 1.82) is 0 Å². The zero-order chi connectivity index (χ0) is 18.7. The Hall–Kier alpha value is -0.120. The van der Waals surface area contributed by atoms with Crippen molar-refractivity contribution in [2.45, 2.75) is 105 Å². The normalized spacial score (nSPS) is 29.4. The van der Waals surface area contributed by atoms with Gasteiger partial charge in [0, 0.05) is 19.8 Å². The van der Waals surface area contributed by atoms with E-state index in [2.05, 4.69) is 41.5 Å². The Bertz CT molecular complexity index is 276. The van der Waals surface area contributed by atoms with Crippen molar-refractivity contribution in [2.75, 3.05) is 19.8 Å². The summed E-state index contributed by atoms with van der Waals surface area (Å²) in [6, 6.07) is 0. The van der Waals surface area contributed by atoms with Gasteiger partial charge in [0.1, 0.15) is 0 Å². The molecule has 3 saturated heterocycles. The van der Waals surface area contributed by atoms with Crippen molar-refractivity contribution in [2.24, 2.45) is 17.8 Å². The topological polar surface area (TPSA) is 27.7 Å². The van der Waals surface area contributed by atoms with Crippen LogP contribution in [0.25, 0.3) is 0 Å². The fourth-order valence-corrected chi connectivity index (χ4v) is 3.55. The van der Waals surface area contributed by atoms with Crippen LogP contribution in [0.4, 0.5) is 0 Å². The third kappa shape index (κ3) is 9.96. The van der Waals surface area contributed by atoms with Crippen LogP contribution in [0.15, 0.2) is 0 Å². The zero-order valence-corrected chi connectivity index (χ0v) is 17.8. The van der Waals surface area contributed by atoms with Gasteiger partial charge < -0.3 is 14.2 Å². The predicted molar refractivity (Wildman–Crippen MR) is 106 cm³/mol. The van der Waals surface area contributed by atoms with E-state index in [0.29, 0.717) is 24.2 Å². The van der Waals surface area contributed by atoms with Crippen LogP contribution in [0, 0.1) is 17.8 Å². The average Bonchev–Trinajstić information content (AvgIpc) is 3.30. The minimum atomic E-state index is 0.554. The second-order valence-electron chi connectivity index (χ2n) is 8.74. The molecule has 0 aromatic carbocycles. The second-order valence-corrected chi connectivity index (χ2v) is 8.74. The molecule has 3 atom stereocenters. The summed E-state index contributed by atoms with van der Waals surface area (Å²) in [6.45, 7) is 16.3. The second kappa shape index (κ2) is 13.1. The standard InChI is InChI=1S/C8H16O.2C7H14O/c1-7(2)8-5-3-4-6-9-8;2*1-6(2)7-4-3-5-8-7/h7-8H,3-6H2,1-2H3;2*6-7H,3-5H2,1-2H3/t8-;2*7-/m110/s1. The first kappa shape index (κ1) is 22.9. The molecule has 3 heteroatoms. The maximum Gasteiger partial charge on any atom is 0.0598 e. The first-order valence-corrected chi connectivity index (χ1v) is 10.8. The largest absolute Gasteiger partial charge is 0.378 e. The van der Waals surface area contributed by atoms with Crippen LogP contribution < -0.4 is 0 Å². The molecule has 0 aliphatic carbocycles. The van der Waals surface area contributed by atoms with Crippen molar-refractivity contribution in [3.8, 4) is 0 Å². The van der Waals surface area contributed by atoms with Gasteiger partial charge in [0.25, 0.3) is 0 Å². The highest BCUT2D eigenvalue weighted by atomic mass is 16.5. The van der Waals surface area contributed by atoms with Gasteiger partial charge in [0.2, 0.25) is 0 Å². The van der Waals surface area contributed by atoms with Crippen LogP contribution in [0.1, 0.15) is 86.5 Å². The van der Waals surface area contributed by atoms with Crippen LogP contribution >= 0.6 is 0 Å². The lowest BCUT2D eigenvalue weighted by molar-refractivity contribution is -0.0115. The Labute approximate surface area is 157 Å². The zero-order valence-electron chi connectivity index (χ0n) is 17.8. The van der Waals surface area contributed by atoms with E-state index in [1.165, 1.54) is 44.9 Å². The molecular weight excluding hydrogens is 312 g/mol. The Kier molecular flexibility index (Phi) is 12.0. The Morgan fingerprint density at radius 2 is 0.800 bits per heavy atom. The molecule has 0 unspecified atom stereocenters. The Balaban J connectivity index is 0.000000188. The summed E-state index contributed by atoms with van der Waals surface area (Å²) < 4.78 is 16.4. The first-order valence-electron chi connectivity index (χ1n) is 10.8. The Morgan fingerprint density at radius 1 is 0.480 bits per heavy atom. The molecule has 3 aliphatic rings. The van der Waals surface area contributed by atoms with E-state index in [0.717, 1.165) is 31.7 Å². The van der Waals surface area contributed by atoms with Crippen molar-refractivity contribution < 1.29 is 14.2 Å². The minimum absolute atomic E-state index is 0.554. The molecule has 3 nitrogen and oxygen atoms in total. The van der Waals surface area contributed by atoms with E-state index in [4.69, 9.17) is 14.2 Å². The quantitative estimate of drug-likeness (QED) is 0.634. The molecule has 0 bridgehead atoms. The lowest BCUT2D eigenvalue weighted by atomic mass is 9.99. The minimum Gasteiger partial charge on any atom is -0.378 e. The molecule has 0 radical (unpaired) electrons. The molecule has 3 aliphatic heterocycles. The summed E-state index contributed by atoms with van der Waals surface area (Å²) in [5.41, 5.74) is 0. The lowest BCUT2D eigenvalue weighted by Crippen LogP contribution is -2.24. The average molecular weight is 357 g/mol. The van der Waals surface area contributed by atoms with Gasteiger partial charge in [-0.1, -0.05) is 41.5 Å². The maximum absolute atomic E-state index is 5.54. The van der Waals surface area contributed by atoms with Crippen molar-refractivity contribution in [3.63, 3.8) is 0 Å². The summed E-state index contributed by atoms with van der Waals surface area (Å²) in [7, 11) is 0. The molecule has 0 N–H and O–H groups in total. The van der Waals surface area contributed by atoms with E-state index >= 15 is 0 Å². The smallest absolute Gasteiger partial charge is 0.0598 e.